The fraction of sp³-hybridized carbons (Fsp3) is 0.421. The first-order valence-electron chi connectivity index (χ1n) is 8.84. The van der Waals surface area contributed by atoms with E-state index in [2.05, 4.69) is 35.1 Å². The summed E-state index contributed by atoms with van der Waals surface area (Å²) in [6.45, 7) is 7.85. The van der Waals surface area contributed by atoms with Crippen molar-refractivity contribution in [1.82, 2.24) is 5.32 Å². The number of anilines is 1. The monoisotopic (exact) mass is 410 g/mol. The maximum atomic E-state index is 6.21. The Morgan fingerprint density at radius 2 is 2.04 bits per heavy atom. The van der Waals surface area contributed by atoms with Crippen LogP contribution in [0, 0.1) is 6.92 Å². The SMILES string of the molecule is Cc1c(Cl)cccc1NC(=S)N[C@H](C)[C@H](c1cccs1)[NH+]1CCOCC1. The van der Waals surface area contributed by atoms with E-state index in [0.29, 0.717) is 11.2 Å². The average molecular weight is 411 g/mol. The van der Waals surface area contributed by atoms with Crippen molar-refractivity contribution in [3.63, 3.8) is 0 Å². The van der Waals surface area contributed by atoms with Gasteiger partial charge in [0.2, 0.25) is 0 Å². The van der Waals surface area contributed by atoms with E-state index < -0.39 is 0 Å². The summed E-state index contributed by atoms with van der Waals surface area (Å²) >= 11 is 13.6. The molecule has 0 radical (unpaired) electrons. The molecular weight excluding hydrogens is 386 g/mol. The summed E-state index contributed by atoms with van der Waals surface area (Å²) < 4.78 is 5.54. The number of ether oxygens (including phenoxy) is 1. The van der Waals surface area contributed by atoms with Gasteiger partial charge in [-0.3, -0.25) is 0 Å². The summed E-state index contributed by atoms with van der Waals surface area (Å²) in [7, 11) is 0. The third-order valence-corrected chi connectivity index (χ3v) is 6.38. The number of nitrogens with one attached hydrogen (secondary N) is 3. The van der Waals surface area contributed by atoms with Gasteiger partial charge < -0.3 is 20.3 Å². The van der Waals surface area contributed by atoms with Crippen molar-refractivity contribution in [1.29, 1.82) is 0 Å². The Morgan fingerprint density at radius 1 is 1.27 bits per heavy atom. The summed E-state index contributed by atoms with van der Waals surface area (Å²) in [5, 5.41) is 10.3. The van der Waals surface area contributed by atoms with Crippen molar-refractivity contribution in [2.24, 2.45) is 0 Å². The third kappa shape index (κ3) is 4.75. The molecule has 26 heavy (non-hydrogen) atoms. The summed E-state index contributed by atoms with van der Waals surface area (Å²) in [6.07, 6.45) is 0. The highest BCUT2D eigenvalue weighted by molar-refractivity contribution is 7.80. The van der Waals surface area contributed by atoms with Crippen molar-refractivity contribution in [2.75, 3.05) is 31.6 Å². The molecule has 0 aliphatic carbocycles. The van der Waals surface area contributed by atoms with Gasteiger partial charge in [0.25, 0.3) is 0 Å². The highest BCUT2D eigenvalue weighted by atomic mass is 35.5. The standard InChI is InChI=1S/C19H24ClN3OS2/c1-13-15(20)5-3-6-16(13)22-19(25)21-14(2)18(17-7-4-12-26-17)23-8-10-24-11-9-23/h3-7,12,14,18H,8-11H2,1-2H3,(H2,21,22,25)/p+1/t14-,18-/m1/s1. The molecule has 3 N–H and O–H groups in total. The minimum atomic E-state index is 0.196. The largest absolute Gasteiger partial charge is 0.370 e. The molecule has 0 unspecified atom stereocenters. The average Bonchev–Trinajstić information content (AvgIpc) is 3.14. The number of rotatable bonds is 5. The fourth-order valence-corrected chi connectivity index (χ4v) is 4.86. The summed E-state index contributed by atoms with van der Waals surface area (Å²) in [5.74, 6) is 0. The molecule has 4 nitrogen and oxygen atoms in total. The summed E-state index contributed by atoms with van der Waals surface area (Å²) in [6, 6.07) is 10.7. The van der Waals surface area contributed by atoms with E-state index in [1.54, 1.807) is 16.2 Å². The van der Waals surface area contributed by atoms with E-state index >= 15 is 0 Å². The number of thiocarbonyl (C=S) groups is 1. The van der Waals surface area contributed by atoms with Crippen LogP contribution in [0.4, 0.5) is 5.69 Å². The molecule has 2 aromatic rings. The molecule has 1 aromatic heterocycles. The minimum Gasteiger partial charge on any atom is -0.370 e. The van der Waals surface area contributed by atoms with E-state index in [-0.39, 0.29) is 6.04 Å². The van der Waals surface area contributed by atoms with Crippen LogP contribution < -0.4 is 15.5 Å². The molecule has 2 atom stereocenters. The maximum absolute atomic E-state index is 6.21. The van der Waals surface area contributed by atoms with Gasteiger partial charge in [0.1, 0.15) is 19.1 Å². The molecule has 1 fully saturated rings. The molecule has 3 rings (SSSR count). The van der Waals surface area contributed by atoms with Crippen LogP contribution in [0.5, 0.6) is 0 Å². The van der Waals surface area contributed by atoms with Crippen LogP contribution in [-0.2, 0) is 4.74 Å². The molecule has 7 heteroatoms. The second-order valence-electron chi connectivity index (χ2n) is 6.56. The van der Waals surface area contributed by atoms with Crippen LogP contribution >= 0.6 is 35.2 Å². The number of benzene rings is 1. The quantitative estimate of drug-likeness (QED) is 0.662. The lowest BCUT2D eigenvalue weighted by molar-refractivity contribution is -0.939. The molecule has 2 heterocycles. The number of thiophene rings is 1. The van der Waals surface area contributed by atoms with Crippen molar-refractivity contribution in [2.45, 2.75) is 25.9 Å². The Morgan fingerprint density at radius 3 is 2.73 bits per heavy atom. The molecule has 1 aliphatic rings. The molecule has 0 spiro atoms. The van der Waals surface area contributed by atoms with E-state index in [0.717, 1.165) is 42.6 Å². The second kappa shape index (κ2) is 9.15. The highest BCUT2D eigenvalue weighted by Crippen LogP contribution is 2.23. The molecule has 1 aliphatic heterocycles. The van der Waals surface area contributed by atoms with Crippen molar-refractivity contribution in [3.05, 3.63) is 51.2 Å². The predicted octanol–water partition coefficient (Wildman–Crippen LogP) is 3.04. The smallest absolute Gasteiger partial charge is 0.171 e. The minimum absolute atomic E-state index is 0.196. The Hall–Kier alpha value is -1.18. The Labute approximate surface area is 169 Å². The summed E-state index contributed by atoms with van der Waals surface area (Å²) in [4.78, 5) is 2.92. The molecule has 140 valence electrons. The second-order valence-corrected chi connectivity index (χ2v) is 8.36. The Balaban J connectivity index is 1.69. The lowest BCUT2D eigenvalue weighted by Crippen LogP contribution is -3.15. The first-order valence-corrected chi connectivity index (χ1v) is 10.5. The van der Waals surface area contributed by atoms with Gasteiger partial charge >= 0.3 is 0 Å². The van der Waals surface area contributed by atoms with Crippen LogP contribution in [0.1, 0.15) is 23.4 Å². The zero-order valence-electron chi connectivity index (χ0n) is 15.0. The first kappa shape index (κ1) is 19.6. The molecule has 0 saturated carbocycles. The van der Waals surface area contributed by atoms with Crippen LogP contribution in [0.15, 0.2) is 35.7 Å². The number of quaternary nitrogens is 1. The number of morpholine rings is 1. The van der Waals surface area contributed by atoms with Crippen LogP contribution in [-0.4, -0.2) is 37.5 Å². The van der Waals surface area contributed by atoms with Gasteiger partial charge in [-0.05, 0) is 55.2 Å². The van der Waals surface area contributed by atoms with Gasteiger partial charge in [-0.15, -0.1) is 11.3 Å². The Bertz CT molecular complexity index is 732. The number of hydrogen-bond donors (Lipinski definition) is 3. The zero-order chi connectivity index (χ0) is 18.5. The lowest BCUT2D eigenvalue weighted by atomic mass is 10.1. The van der Waals surface area contributed by atoms with E-state index in [1.807, 2.05) is 25.1 Å². The van der Waals surface area contributed by atoms with E-state index in [4.69, 9.17) is 28.6 Å². The van der Waals surface area contributed by atoms with Crippen LogP contribution in [0.25, 0.3) is 0 Å². The summed E-state index contributed by atoms with van der Waals surface area (Å²) in [5.41, 5.74) is 1.94. The van der Waals surface area contributed by atoms with Gasteiger partial charge in [-0.1, -0.05) is 23.7 Å². The molecule has 0 bridgehead atoms. The lowest BCUT2D eigenvalue weighted by Gasteiger charge is -2.35. The fourth-order valence-electron chi connectivity index (χ4n) is 3.41. The zero-order valence-corrected chi connectivity index (χ0v) is 17.4. The van der Waals surface area contributed by atoms with Gasteiger partial charge in [-0.2, -0.15) is 0 Å². The third-order valence-electron chi connectivity index (χ3n) is 4.80. The predicted molar refractivity (Wildman–Crippen MR) is 114 cm³/mol. The van der Waals surface area contributed by atoms with Crippen molar-refractivity contribution >= 4 is 46.0 Å². The van der Waals surface area contributed by atoms with Crippen LogP contribution in [0.3, 0.4) is 0 Å². The van der Waals surface area contributed by atoms with Gasteiger partial charge in [0, 0.05) is 10.7 Å². The van der Waals surface area contributed by atoms with Crippen molar-refractivity contribution in [3.8, 4) is 0 Å². The topological polar surface area (TPSA) is 37.7 Å². The normalized spacial score (nSPS) is 17.5. The van der Waals surface area contributed by atoms with Crippen molar-refractivity contribution < 1.29 is 9.64 Å². The molecule has 1 saturated heterocycles. The highest BCUT2D eigenvalue weighted by Gasteiger charge is 2.32. The number of halogens is 1. The van der Waals surface area contributed by atoms with Gasteiger partial charge in [-0.25, -0.2) is 0 Å². The van der Waals surface area contributed by atoms with E-state index in [1.165, 1.54) is 4.88 Å². The van der Waals surface area contributed by atoms with Gasteiger partial charge in [0.15, 0.2) is 5.11 Å². The number of hydrogen-bond acceptors (Lipinski definition) is 3. The maximum Gasteiger partial charge on any atom is 0.171 e. The Kier molecular flexibility index (Phi) is 6.89. The molecule has 1 aromatic carbocycles. The first-order chi connectivity index (χ1) is 12.6. The van der Waals surface area contributed by atoms with Crippen LogP contribution in [0.2, 0.25) is 5.02 Å². The van der Waals surface area contributed by atoms with E-state index in [9.17, 15) is 0 Å². The molecule has 0 amide bonds. The van der Waals surface area contributed by atoms with Gasteiger partial charge in [0.05, 0.1) is 24.1 Å². The molecular formula is C19H25ClN3OS2+.